The molecule has 1 aromatic rings. The summed E-state index contributed by atoms with van der Waals surface area (Å²) in [6.45, 7) is 2.46. The minimum absolute atomic E-state index is 0.0893. The summed E-state index contributed by atoms with van der Waals surface area (Å²) in [6.07, 6.45) is 6.78. The molecule has 6 nitrogen and oxygen atoms in total. The smallest absolute Gasteiger partial charge is 0.246 e. The first-order chi connectivity index (χ1) is 15.2. The summed E-state index contributed by atoms with van der Waals surface area (Å²) in [6, 6.07) is 2.44. The number of hydrogen-bond donors (Lipinski definition) is 0. The molecule has 1 saturated heterocycles. The van der Waals surface area contributed by atoms with Crippen molar-refractivity contribution < 1.29 is 22.0 Å². The molecule has 0 N–H and O–H groups in total. The van der Waals surface area contributed by atoms with E-state index in [9.17, 15) is 22.0 Å². The zero-order valence-corrected chi connectivity index (χ0v) is 19.9. The maximum Gasteiger partial charge on any atom is 0.246 e. The van der Waals surface area contributed by atoms with Gasteiger partial charge in [0.2, 0.25) is 15.9 Å². The second-order valence-corrected chi connectivity index (χ2v) is 11.3. The van der Waals surface area contributed by atoms with Gasteiger partial charge in [-0.2, -0.15) is 4.31 Å². The molecule has 180 valence electrons. The maximum atomic E-state index is 14.1. The summed E-state index contributed by atoms with van der Waals surface area (Å²) in [4.78, 5) is 16.7. The molecule has 0 bridgehead atoms. The van der Waals surface area contributed by atoms with Crippen LogP contribution in [0.15, 0.2) is 23.1 Å². The van der Waals surface area contributed by atoms with Crippen LogP contribution in [0.4, 0.5) is 8.78 Å². The van der Waals surface area contributed by atoms with Gasteiger partial charge in [-0.05, 0) is 63.9 Å². The molecule has 1 saturated carbocycles. The van der Waals surface area contributed by atoms with Crippen LogP contribution in [0.2, 0.25) is 0 Å². The lowest BCUT2D eigenvalue weighted by molar-refractivity contribution is -0.137. The third-order valence-electron chi connectivity index (χ3n) is 6.65. The minimum Gasteiger partial charge on any atom is -0.341 e. The number of amides is 1. The summed E-state index contributed by atoms with van der Waals surface area (Å²) in [5.41, 5.74) is 0. The Labute approximate surface area is 190 Å². The molecule has 0 radical (unpaired) electrons. The average molecular weight is 472 g/mol. The quantitative estimate of drug-likeness (QED) is 0.584. The largest absolute Gasteiger partial charge is 0.341 e. The van der Waals surface area contributed by atoms with Crippen molar-refractivity contribution in [2.24, 2.45) is 11.8 Å². The molecule has 1 aliphatic carbocycles. The van der Waals surface area contributed by atoms with Crippen molar-refractivity contribution in [2.45, 2.75) is 49.8 Å². The zero-order valence-electron chi connectivity index (χ0n) is 19.1. The highest BCUT2D eigenvalue weighted by Gasteiger charge is 2.35. The van der Waals surface area contributed by atoms with Gasteiger partial charge in [-0.25, -0.2) is 17.2 Å². The lowest BCUT2D eigenvalue weighted by Crippen LogP contribution is -2.47. The third kappa shape index (κ3) is 6.26. The van der Waals surface area contributed by atoms with Gasteiger partial charge in [-0.1, -0.05) is 19.3 Å². The van der Waals surface area contributed by atoms with Gasteiger partial charge in [0.15, 0.2) is 0 Å². The Morgan fingerprint density at radius 1 is 1.03 bits per heavy atom. The van der Waals surface area contributed by atoms with Crippen molar-refractivity contribution in [1.82, 2.24) is 14.1 Å². The molecule has 1 aliphatic heterocycles. The number of nitrogens with zero attached hydrogens (tertiary/aromatic N) is 3. The first-order valence-corrected chi connectivity index (χ1v) is 13.0. The first-order valence-electron chi connectivity index (χ1n) is 11.6. The number of rotatable bonds is 8. The lowest BCUT2D eigenvalue weighted by atomic mass is 9.88. The molecule has 2 fully saturated rings. The number of carbonyl (C=O) groups excluding carboxylic acids is 1. The van der Waals surface area contributed by atoms with E-state index in [2.05, 4.69) is 4.90 Å². The number of likely N-dealkylation sites (N-methyl/N-ethyl adjacent to an activating group) is 1. The Hall–Kier alpha value is -1.58. The standard InChI is InChI=1S/C23H35F2N3O3S/c1-26(2)14-15-27(17-18-6-4-3-5-7-18)23(29)19-10-12-28(13-11-19)32(30,31)22-16-20(24)8-9-21(22)25/h8-9,16,18-19H,3-7,10-15,17H2,1-2H3. The second kappa shape index (κ2) is 11.0. The van der Waals surface area contributed by atoms with E-state index < -0.39 is 26.6 Å². The van der Waals surface area contributed by atoms with Crippen LogP contribution in [0.25, 0.3) is 0 Å². The summed E-state index contributed by atoms with van der Waals surface area (Å²) in [7, 11) is -0.173. The number of benzene rings is 1. The van der Waals surface area contributed by atoms with E-state index in [0.717, 1.165) is 44.1 Å². The minimum atomic E-state index is -4.14. The van der Waals surface area contributed by atoms with Gasteiger partial charge in [0.25, 0.3) is 0 Å². The summed E-state index contributed by atoms with van der Waals surface area (Å²) in [5, 5.41) is 0. The van der Waals surface area contributed by atoms with Crippen molar-refractivity contribution in [3.63, 3.8) is 0 Å². The van der Waals surface area contributed by atoms with Gasteiger partial charge in [-0.3, -0.25) is 4.79 Å². The molecule has 3 rings (SSSR count). The SMILES string of the molecule is CN(C)CCN(CC1CCCCC1)C(=O)C1CCN(S(=O)(=O)c2cc(F)ccc2F)CC1. The van der Waals surface area contributed by atoms with Gasteiger partial charge >= 0.3 is 0 Å². The molecular formula is C23H35F2N3O3S. The molecule has 0 atom stereocenters. The number of carbonyl (C=O) groups is 1. The second-order valence-electron chi connectivity index (χ2n) is 9.34. The van der Waals surface area contributed by atoms with Crippen molar-refractivity contribution in [3.05, 3.63) is 29.8 Å². The Morgan fingerprint density at radius 3 is 2.31 bits per heavy atom. The predicted octanol–water partition coefficient (Wildman–Crippen LogP) is 3.34. The Morgan fingerprint density at radius 2 is 1.69 bits per heavy atom. The van der Waals surface area contributed by atoms with E-state index >= 15 is 0 Å². The van der Waals surface area contributed by atoms with Gasteiger partial charge in [0, 0.05) is 38.6 Å². The first kappa shape index (κ1) is 25.1. The highest BCUT2D eigenvalue weighted by atomic mass is 32.2. The fourth-order valence-electron chi connectivity index (χ4n) is 4.71. The number of hydrogen-bond acceptors (Lipinski definition) is 4. The predicted molar refractivity (Wildman–Crippen MR) is 120 cm³/mol. The molecule has 1 heterocycles. The third-order valence-corrected chi connectivity index (χ3v) is 8.56. The molecule has 0 spiro atoms. The number of sulfonamides is 1. The van der Waals surface area contributed by atoms with Crippen molar-refractivity contribution in [1.29, 1.82) is 0 Å². The zero-order chi connectivity index (χ0) is 23.3. The van der Waals surface area contributed by atoms with E-state index in [1.807, 2.05) is 19.0 Å². The number of piperidine rings is 1. The van der Waals surface area contributed by atoms with Gasteiger partial charge < -0.3 is 9.80 Å². The van der Waals surface area contributed by atoms with Crippen LogP contribution in [-0.2, 0) is 14.8 Å². The summed E-state index contributed by atoms with van der Waals surface area (Å²) < 4.78 is 54.4. The van der Waals surface area contributed by atoms with Crippen molar-refractivity contribution in [3.8, 4) is 0 Å². The van der Waals surface area contributed by atoms with Crippen LogP contribution in [0, 0.1) is 23.5 Å². The van der Waals surface area contributed by atoms with E-state index in [-0.39, 0.29) is 24.9 Å². The molecule has 1 amide bonds. The van der Waals surface area contributed by atoms with Gasteiger partial charge in [-0.15, -0.1) is 0 Å². The van der Waals surface area contributed by atoms with E-state index in [1.165, 1.54) is 23.6 Å². The summed E-state index contributed by atoms with van der Waals surface area (Å²) in [5.74, 6) is -1.39. The fourth-order valence-corrected chi connectivity index (χ4v) is 6.25. The van der Waals surface area contributed by atoms with Crippen LogP contribution in [0.1, 0.15) is 44.9 Å². The molecule has 0 unspecified atom stereocenters. The molecule has 32 heavy (non-hydrogen) atoms. The Kier molecular flexibility index (Phi) is 8.63. The molecular weight excluding hydrogens is 436 g/mol. The molecule has 0 aromatic heterocycles. The monoisotopic (exact) mass is 471 g/mol. The fraction of sp³-hybridized carbons (Fsp3) is 0.696. The molecule has 1 aromatic carbocycles. The highest BCUT2D eigenvalue weighted by Crippen LogP contribution is 2.29. The lowest BCUT2D eigenvalue weighted by Gasteiger charge is -2.36. The van der Waals surface area contributed by atoms with Crippen LogP contribution < -0.4 is 0 Å². The van der Waals surface area contributed by atoms with Gasteiger partial charge in [0.1, 0.15) is 16.5 Å². The van der Waals surface area contributed by atoms with Crippen LogP contribution in [0.5, 0.6) is 0 Å². The number of halogens is 2. The topological polar surface area (TPSA) is 60.9 Å². The molecule has 9 heteroatoms. The normalized spacial score (nSPS) is 19.4. The van der Waals surface area contributed by atoms with E-state index in [1.54, 1.807) is 0 Å². The van der Waals surface area contributed by atoms with E-state index in [0.29, 0.717) is 25.3 Å². The van der Waals surface area contributed by atoms with Crippen molar-refractivity contribution >= 4 is 15.9 Å². The Balaban J connectivity index is 1.64. The van der Waals surface area contributed by atoms with Crippen LogP contribution in [0.3, 0.4) is 0 Å². The van der Waals surface area contributed by atoms with Crippen molar-refractivity contribution in [2.75, 3.05) is 46.8 Å². The highest BCUT2D eigenvalue weighted by molar-refractivity contribution is 7.89. The Bertz CT molecular complexity index is 880. The van der Waals surface area contributed by atoms with Gasteiger partial charge in [0.05, 0.1) is 0 Å². The average Bonchev–Trinajstić information content (AvgIpc) is 2.78. The molecule has 2 aliphatic rings. The van der Waals surface area contributed by atoms with Crippen LogP contribution in [-0.4, -0.2) is 75.2 Å². The maximum absolute atomic E-state index is 14.1. The summed E-state index contributed by atoms with van der Waals surface area (Å²) >= 11 is 0. The van der Waals surface area contributed by atoms with Crippen LogP contribution >= 0.6 is 0 Å². The van der Waals surface area contributed by atoms with E-state index in [4.69, 9.17) is 0 Å².